The second-order valence-electron chi connectivity index (χ2n) is 0.529. The summed E-state index contributed by atoms with van der Waals surface area (Å²) < 4.78 is 40.1. The molecule has 5 nitrogen and oxygen atoms in total. The second kappa shape index (κ2) is 2.86. The van der Waals surface area contributed by atoms with E-state index in [9.17, 15) is 18.3 Å². The zero-order chi connectivity index (χ0) is 5.86. The SMILES string of the molecule is O=P(=O)OP(=O)=O. The lowest BCUT2D eigenvalue weighted by Gasteiger charge is -1.60. The van der Waals surface area contributed by atoms with Crippen molar-refractivity contribution in [2.24, 2.45) is 0 Å². The molecule has 40 valence electrons. The van der Waals surface area contributed by atoms with Gasteiger partial charge in [-0.25, -0.2) is 18.3 Å². The summed E-state index contributed by atoms with van der Waals surface area (Å²) in [5.41, 5.74) is 0. The first-order valence-electron chi connectivity index (χ1n) is 1.10. The Kier molecular flexibility index (Phi) is 2.76. The highest BCUT2D eigenvalue weighted by Gasteiger charge is 1.92. The minimum absolute atomic E-state index is 3.16. The van der Waals surface area contributed by atoms with Crippen LogP contribution in [0.15, 0.2) is 0 Å². The minimum Gasteiger partial charge on any atom is -0.203 e. The van der Waals surface area contributed by atoms with Crippen LogP contribution in [0.1, 0.15) is 0 Å². The van der Waals surface area contributed by atoms with E-state index < -0.39 is 15.8 Å². The summed E-state index contributed by atoms with van der Waals surface area (Å²) in [6.07, 6.45) is 0. The lowest BCUT2D eigenvalue weighted by atomic mass is 15.8. The van der Waals surface area contributed by atoms with Crippen LogP contribution in [0.4, 0.5) is 0 Å². The highest BCUT2D eigenvalue weighted by molar-refractivity contribution is 7.39. The topological polar surface area (TPSA) is 77.5 Å². The molecule has 0 aliphatic heterocycles. The molecule has 7 heavy (non-hydrogen) atoms. The van der Waals surface area contributed by atoms with E-state index in [2.05, 4.69) is 4.31 Å². The van der Waals surface area contributed by atoms with E-state index in [4.69, 9.17) is 0 Å². The fourth-order valence-corrected chi connectivity index (χ4v) is 0.490. The van der Waals surface area contributed by atoms with Crippen molar-refractivity contribution in [2.75, 3.05) is 0 Å². The average Bonchev–Trinajstić information content (AvgIpc) is 1.27. The first-order valence-corrected chi connectivity index (χ1v) is 3.29. The summed E-state index contributed by atoms with van der Waals surface area (Å²) in [7, 11) is -6.47. The summed E-state index contributed by atoms with van der Waals surface area (Å²) in [6.45, 7) is 0. The van der Waals surface area contributed by atoms with Gasteiger partial charge in [0.15, 0.2) is 0 Å². The molecule has 7 heteroatoms. The lowest BCUT2D eigenvalue weighted by molar-refractivity contribution is 0.409. The Labute approximate surface area is 39.5 Å². The monoisotopic (exact) mass is 142 g/mol. The van der Waals surface area contributed by atoms with Gasteiger partial charge in [-0.2, -0.15) is 4.31 Å². The van der Waals surface area contributed by atoms with Crippen LogP contribution in [0.5, 0.6) is 0 Å². The highest BCUT2D eigenvalue weighted by Crippen LogP contribution is 2.19. The molecule has 0 N–H and O–H groups in total. The fraction of sp³-hybridized carbons (Fsp3) is 0. The molecule has 0 amide bonds. The van der Waals surface area contributed by atoms with Gasteiger partial charge in [0.1, 0.15) is 0 Å². The van der Waals surface area contributed by atoms with Crippen LogP contribution in [0, 0.1) is 0 Å². The Hall–Kier alpha value is -0.240. The largest absolute Gasteiger partial charge is 0.481 e. The summed E-state index contributed by atoms with van der Waals surface area (Å²) in [4.78, 5) is 0. The molecule has 0 bridgehead atoms. The maximum absolute atomic E-state index is 9.24. The minimum atomic E-state index is -3.24. The molecular weight excluding hydrogens is 142 g/mol. The molecule has 0 aromatic heterocycles. The van der Waals surface area contributed by atoms with Gasteiger partial charge in [0.05, 0.1) is 0 Å². The van der Waals surface area contributed by atoms with Gasteiger partial charge in [0.25, 0.3) is 0 Å². The van der Waals surface area contributed by atoms with Gasteiger partial charge in [-0.15, -0.1) is 0 Å². The molecule has 0 rings (SSSR count). The van der Waals surface area contributed by atoms with Gasteiger partial charge in [0.2, 0.25) is 0 Å². The van der Waals surface area contributed by atoms with Crippen molar-refractivity contribution in [1.82, 2.24) is 0 Å². The Bertz CT molecular complexity index is 135. The molecule has 0 atom stereocenters. The molecule has 0 unspecified atom stereocenters. The van der Waals surface area contributed by atoms with Crippen LogP contribution in [-0.4, -0.2) is 0 Å². The van der Waals surface area contributed by atoms with E-state index in [1.807, 2.05) is 0 Å². The van der Waals surface area contributed by atoms with Crippen molar-refractivity contribution in [2.45, 2.75) is 0 Å². The van der Waals surface area contributed by atoms with Crippen molar-refractivity contribution in [3.05, 3.63) is 0 Å². The molecule has 0 fully saturated rings. The average molecular weight is 142 g/mol. The van der Waals surface area contributed by atoms with Crippen molar-refractivity contribution in [1.29, 1.82) is 0 Å². The van der Waals surface area contributed by atoms with E-state index in [1.165, 1.54) is 0 Å². The van der Waals surface area contributed by atoms with E-state index in [0.717, 1.165) is 0 Å². The van der Waals surface area contributed by atoms with Crippen LogP contribution in [0.25, 0.3) is 0 Å². The molecular formula is O5P2. The molecule has 0 heterocycles. The first kappa shape index (κ1) is 6.76. The predicted molar refractivity (Wildman–Crippen MR) is 17.7 cm³/mol. The summed E-state index contributed by atoms with van der Waals surface area (Å²) in [5.74, 6) is 0. The number of hydrogen-bond donors (Lipinski definition) is 0. The number of rotatable bonds is 2. The summed E-state index contributed by atoms with van der Waals surface area (Å²) in [5, 5.41) is 0. The first-order chi connectivity index (χ1) is 3.13. The predicted octanol–water partition coefficient (Wildman–Crippen LogP) is 1.18. The molecule has 0 aromatic carbocycles. The Morgan fingerprint density at radius 2 is 1.14 bits per heavy atom. The third-order valence-electron chi connectivity index (χ3n) is 0.133. The van der Waals surface area contributed by atoms with Crippen molar-refractivity contribution in [3.8, 4) is 0 Å². The number of hydrogen-bond acceptors (Lipinski definition) is 5. The second-order valence-corrected chi connectivity index (χ2v) is 2.08. The van der Waals surface area contributed by atoms with Crippen LogP contribution >= 0.6 is 15.8 Å². The van der Waals surface area contributed by atoms with Crippen molar-refractivity contribution >= 4 is 15.8 Å². The van der Waals surface area contributed by atoms with E-state index in [0.29, 0.717) is 0 Å². The maximum Gasteiger partial charge on any atom is 0.481 e. The van der Waals surface area contributed by atoms with E-state index in [-0.39, 0.29) is 0 Å². The molecule has 0 saturated carbocycles. The van der Waals surface area contributed by atoms with Gasteiger partial charge in [-0.3, -0.25) is 0 Å². The third-order valence-corrected chi connectivity index (χ3v) is 1.20. The van der Waals surface area contributed by atoms with Crippen LogP contribution in [0.2, 0.25) is 0 Å². The molecule has 0 spiro atoms. The van der Waals surface area contributed by atoms with Gasteiger partial charge in [-0.05, 0) is 0 Å². The van der Waals surface area contributed by atoms with Crippen LogP contribution in [0.3, 0.4) is 0 Å². The standard InChI is InChI=1S/O5P2/c1-6(2)5-7(3)4. The van der Waals surface area contributed by atoms with Gasteiger partial charge in [0, 0.05) is 0 Å². The Morgan fingerprint density at radius 1 is 0.857 bits per heavy atom. The van der Waals surface area contributed by atoms with Crippen molar-refractivity contribution in [3.63, 3.8) is 0 Å². The third kappa shape index (κ3) is 5.76. The quantitative estimate of drug-likeness (QED) is 0.540. The Balaban J connectivity index is 3.77. The van der Waals surface area contributed by atoms with Crippen molar-refractivity contribution < 1.29 is 22.6 Å². The lowest BCUT2D eigenvalue weighted by Crippen LogP contribution is -1.41. The van der Waals surface area contributed by atoms with Crippen LogP contribution < -0.4 is 0 Å². The maximum atomic E-state index is 9.24. The van der Waals surface area contributed by atoms with Gasteiger partial charge < -0.3 is 0 Å². The molecule has 0 aromatic rings. The highest BCUT2D eigenvalue weighted by atomic mass is 31.2. The molecule has 0 aliphatic rings. The van der Waals surface area contributed by atoms with Gasteiger partial charge in [-0.1, -0.05) is 0 Å². The zero-order valence-corrected chi connectivity index (χ0v) is 4.72. The van der Waals surface area contributed by atoms with E-state index >= 15 is 0 Å². The molecule has 0 saturated heterocycles. The summed E-state index contributed by atoms with van der Waals surface area (Å²) in [6, 6.07) is 0. The fourth-order valence-electron chi connectivity index (χ4n) is 0.0544. The zero-order valence-electron chi connectivity index (χ0n) is 2.94. The van der Waals surface area contributed by atoms with Gasteiger partial charge >= 0.3 is 15.8 Å². The van der Waals surface area contributed by atoms with Crippen LogP contribution in [-0.2, 0) is 22.6 Å². The molecule has 0 radical (unpaired) electrons. The Morgan fingerprint density at radius 3 is 1.14 bits per heavy atom. The van der Waals surface area contributed by atoms with E-state index in [1.54, 1.807) is 0 Å². The summed E-state index contributed by atoms with van der Waals surface area (Å²) >= 11 is 0. The normalized spacial score (nSPS) is 8.00. The molecule has 0 aliphatic carbocycles. The smallest absolute Gasteiger partial charge is 0.203 e.